The quantitative estimate of drug-likeness (QED) is 0.384. The van der Waals surface area contributed by atoms with E-state index in [0.717, 1.165) is 53.4 Å². The maximum absolute atomic E-state index is 6.25. The fourth-order valence-electron chi connectivity index (χ4n) is 4.55. The summed E-state index contributed by atoms with van der Waals surface area (Å²) in [5.74, 6) is 2.84. The highest BCUT2D eigenvalue weighted by molar-refractivity contribution is 6.32. The van der Waals surface area contributed by atoms with E-state index >= 15 is 0 Å². The Morgan fingerprint density at radius 1 is 1.03 bits per heavy atom. The summed E-state index contributed by atoms with van der Waals surface area (Å²) in [6, 6.07) is 12.6. The summed E-state index contributed by atoms with van der Waals surface area (Å²) >= 11 is 6.25. The fraction of sp³-hybridized carbons (Fsp3) is 0.480. The van der Waals surface area contributed by atoms with Crippen LogP contribution in [0.3, 0.4) is 0 Å². The molecule has 0 radical (unpaired) electrons. The highest BCUT2D eigenvalue weighted by Gasteiger charge is 2.22. The molecule has 0 atom stereocenters. The molecule has 154 valence electrons. The van der Waals surface area contributed by atoms with Gasteiger partial charge in [-0.15, -0.1) is 0 Å². The lowest BCUT2D eigenvalue weighted by molar-refractivity contribution is 0.302. The van der Waals surface area contributed by atoms with Crippen LogP contribution in [0.4, 0.5) is 0 Å². The van der Waals surface area contributed by atoms with E-state index in [1.807, 2.05) is 26.0 Å². The van der Waals surface area contributed by atoms with Gasteiger partial charge in [0, 0.05) is 17.5 Å². The number of aryl methyl sites for hydroxylation is 3. The predicted octanol–water partition coefficient (Wildman–Crippen LogP) is 7.21. The molecule has 1 aliphatic carbocycles. The smallest absolute Gasteiger partial charge is 0.119 e. The third-order valence-electron chi connectivity index (χ3n) is 6.11. The minimum absolute atomic E-state index is 0.618. The lowest BCUT2D eigenvalue weighted by atomic mass is 9.88. The van der Waals surface area contributed by atoms with Crippen LogP contribution in [0.1, 0.15) is 67.8 Å². The molecule has 4 heteroatoms. The first-order valence-electron chi connectivity index (χ1n) is 11.0. The number of hydrogen-bond acceptors (Lipinski definition) is 2. The molecule has 1 saturated carbocycles. The van der Waals surface area contributed by atoms with Gasteiger partial charge in [-0.3, -0.25) is 0 Å². The van der Waals surface area contributed by atoms with Crippen molar-refractivity contribution < 1.29 is 4.74 Å². The van der Waals surface area contributed by atoms with Crippen molar-refractivity contribution in [1.29, 1.82) is 0 Å². The van der Waals surface area contributed by atoms with Gasteiger partial charge in [0.15, 0.2) is 0 Å². The second-order valence-corrected chi connectivity index (χ2v) is 8.75. The lowest BCUT2D eigenvalue weighted by Gasteiger charge is -2.22. The topological polar surface area (TPSA) is 27.1 Å². The molecule has 1 aliphatic rings. The molecule has 0 saturated heterocycles. The molecule has 3 aromatic rings. The number of benzene rings is 2. The monoisotopic (exact) mass is 410 g/mol. The fourth-order valence-corrected chi connectivity index (χ4v) is 4.66. The van der Waals surface area contributed by atoms with E-state index in [1.54, 1.807) is 0 Å². The number of hydrogen-bond donors (Lipinski definition) is 0. The summed E-state index contributed by atoms with van der Waals surface area (Å²) < 4.78 is 8.47. The number of imidazole rings is 1. The van der Waals surface area contributed by atoms with Crippen LogP contribution in [-0.2, 0) is 6.54 Å². The van der Waals surface area contributed by atoms with Crippen LogP contribution >= 0.6 is 11.6 Å². The standard InChI is InChI=1S/C25H31ClN2O/c1-18-16-21(17-19(2)24(18)26)29-15-9-8-14-28-23-13-7-6-12-22(23)27-25(28)20-10-4-3-5-11-20/h6-7,12-13,16-17,20H,3-5,8-11,14-15H2,1-2H3. The van der Waals surface area contributed by atoms with Crippen molar-refractivity contribution in [3.63, 3.8) is 0 Å². The number of aromatic nitrogens is 2. The normalized spacial score (nSPS) is 15.1. The summed E-state index contributed by atoms with van der Waals surface area (Å²) in [6.45, 7) is 5.79. The van der Waals surface area contributed by atoms with Gasteiger partial charge in [-0.1, -0.05) is 43.0 Å². The maximum Gasteiger partial charge on any atom is 0.119 e. The largest absolute Gasteiger partial charge is 0.494 e. The molecule has 0 aliphatic heterocycles. The predicted molar refractivity (Wildman–Crippen MR) is 121 cm³/mol. The van der Waals surface area contributed by atoms with Gasteiger partial charge in [0.1, 0.15) is 11.6 Å². The zero-order valence-corrected chi connectivity index (χ0v) is 18.3. The van der Waals surface area contributed by atoms with E-state index in [-0.39, 0.29) is 0 Å². The van der Waals surface area contributed by atoms with Gasteiger partial charge >= 0.3 is 0 Å². The third-order valence-corrected chi connectivity index (χ3v) is 6.71. The van der Waals surface area contributed by atoms with Gasteiger partial charge in [-0.25, -0.2) is 4.98 Å². The second kappa shape index (κ2) is 9.21. The molecule has 1 heterocycles. The Kier molecular flexibility index (Phi) is 6.44. The molecule has 1 fully saturated rings. The van der Waals surface area contributed by atoms with Gasteiger partial charge in [-0.05, 0) is 74.9 Å². The Bertz CT molecular complexity index is 949. The van der Waals surface area contributed by atoms with Gasteiger partial charge < -0.3 is 9.30 Å². The van der Waals surface area contributed by atoms with Gasteiger partial charge in [0.25, 0.3) is 0 Å². The minimum atomic E-state index is 0.618. The first-order chi connectivity index (χ1) is 14.1. The van der Waals surface area contributed by atoms with Crippen molar-refractivity contribution in [3.8, 4) is 5.75 Å². The average Bonchev–Trinajstić information content (AvgIpc) is 3.11. The van der Waals surface area contributed by atoms with Crippen molar-refractivity contribution in [1.82, 2.24) is 9.55 Å². The zero-order valence-electron chi connectivity index (χ0n) is 17.6. The molecular formula is C25H31ClN2O. The molecule has 0 bridgehead atoms. The number of nitrogens with zero attached hydrogens (tertiary/aromatic N) is 2. The van der Waals surface area contributed by atoms with Crippen molar-refractivity contribution in [2.45, 2.75) is 71.3 Å². The molecule has 0 amide bonds. The third kappa shape index (κ3) is 4.61. The number of ether oxygens (including phenoxy) is 1. The Morgan fingerprint density at radius 2 is 1.76 bits per heavy atom. The Balaban J connectivity index is 1.39. The molecular weight excluding hydrogens is 380 g/mol. The summed E-state index contributed by atoms with van der Waals surface area (Å²) in [5.41, 5.74) is 4.56. The molecule has 0 N–H and O–H groups in total. The first-order valence-corrected chi connectivity index (χ1v) is 11.4. The molecule has 0 spiro atoms. The van der Waals surface area contributed by atoms with E-state index in [1.165, 1.54) is 43.4 Å². The van der Waals surface area contributed by atoms with Gasteiger partial charge in [0.2, 0.25) is 0 Å². The molecule has 2 aromatic carbocycles. The Hall–Kier alpha value is -2.00. The number of unbranched alkanes of at least 4 members (excludes halogenated alkanes) is 1. The second-order valence-electron chi connectivity index (χ2n) is 8.37. The van der Waals surface area contributed by atoms with E-state index in [2.05, 4.69) is 28.8 Å². The Labute approximate surface area is 179 Å². The molecule has 1 aromatic heterocycles. The van der Waals surface area contributed by atoms with Crippen molar-refractivity contribution >= 4 is 22.6 Å². The van der Waals surface area contributed by atoms with Gasteiger partial charge in [0.05, 0.1) is 17.6 Å². The molecule has 3 nitrogen and oxygen atoms in total. The highest BCUT2D eigenvalue weighted by atomic mass is 35.5. The summed E-state index contributed by atoms with van der Waals surface area (Å²) in [7, 11) is 0. The van der Waals surface area contributed by atoms with Crippen LogP contribution in [0.5, 0.6) is 5.75 Å². The van der Waals surface area contributed by atoms with E-state index in [0.29, 0.717) is 5.92 Å². The average molecular weight is 411 g/mol. The van der Waals surface area contributed by atoms with Crippen LogP contribution in [0, 0.1) is 13.8 Å². The molecule has 4 rings (SSSR count). The SMILES string of the molecule is Cc1cc(OCCCCn2c(C3CCCCC3)nc3ccccc32)cc(C)c1Cl. The van der Waals surface area contributed by atoms with Crippen LogP contribution < -0.4 is 4.74 Å². The van der Waals surface area contributed by atoms with Crippen LogP contribution in [0.2, 0.25) is 5.02 Å². The van der Waals surface area contributed by atoms with E-state index < -0.39 is 0 Å². The van der Waals surface area contributed by atoms with Crippen molar-refractivity contribution in [3.05, 3.63) is 58.4 Å². The number of fused-ring (bicyclic) bond motifs is 1. The zero-order chi connectivity index (χ0) is 20.2. The number of halogens is 1. The van der Waals surface area contributed by atoms with Crippen molar-refractivity contribution in [2.24, 2.45) is 0 Å². The molecule has 29 heavy (non-hydrogen) atoms. The number of rotatable bonds is 7. The van der Waals surface area contributed by atoms with Crippen molar-refractivity contribution in [2.75, 3.05) is 6.61 Å². The first kappa shape index (κ1) is 20.3. The van der Waals surface area contributed by atoms with Crippen LogP contribution in [0.15, 0.2) is 36.4 Å². The summed E-state index contributed by atoms with van der Waals surface area (Å²) in [5, 5.41) is 0.833. The van der Waals surface area contributed by atoms with E-state index in [9.17, 15) is 0 Å². The van der Waals surface area contributed by atoms with Crippen LogP contribution in [-0.4, -0.2) is 16.2 Å². The van der Waals surface area contributed by atoms with E-state index in [4.69, 9.17) is 21.3 Å². The Morgan fingerprint density at radius 3 is 2.52 bits per heavy atom. The maximum atomic E-state index is 6.25. The minimum Gasteiger partial charge on any atom is -0.494 e. The lowest BCUT2D eigenvalue weighted by Crippen LogP contribution is -2.13. The highest BCUT2D eigenvalue weighted by Crippen LogP contribution is 2.34. The molecule has 0 unspecified atom stereocenters. The van der Waals surface area contributed by atoms with Gasteiger partial charge in [-0.2, -0.15) is 0 Å². The summed E-state index contributed by atoms with van der Waals surface area (Å²) in [6.07, 6.45) is 8.72. The summed E-state index contributed by atoms with van der Waals surface area (Å²) in [4.78, 5) is 5.03. The van der Waals surface area contributed by atoms with Crippen LogP contribution in [0.25, 0.3) is 11.0 Å². The number of para-hydroxylation sites is 2.